The van der Waals surface area contributed by atoms with Crippen LogP contribution in [-0.2, 0) is 11.3 Å². The summed E-state index contributed by atoms with van der Waals surface area (Å²) in [6, 6.07) is 7.17. The molecule has 0 radical (unpaired) electrons. The number of aromatic nitrogens is 1. The van der Waals surface area contributed by atoms with Crippen LogP contribution in [0.1, 0.15) is 25.0 Å². The molecular formula is C21H27FN6O. The van der Waals surface area contributed by atoms with Crippen LogP contribution >= 0.6 is 0 Å². The predicted octanol–water partition coefficient (Wildman–Crippen LogP) is 3.63. The molecule has 1 fully saturated rings. The lowest BCUT2D eigenvalue weighted by molar-refractivity contribution is 0.0337. The van der Waals surface area contributed by atoms with E-state index in [1.165, 1.54) is 6.07 Å². The van der Waals surface area contributed by atoms with E-state index in [-0.39, 0.29) is 17.7 Å². The van der Waals surface area contributed by atoms with Crippen molar-refractivity contribution in [3.8, 4) is 11.1 Å². The number of morpholine rings is 1. The molecular weight excluding hydrogens is 371 g/mol. The van der Waals surface area contributed by atoms with Gasteiger partial charge in [0.25, 0.3) is 0 Å². The fourth-order valence-corrected chi connectivity index (χ4v) is 3.11. The van der Waals surface area contributed by atoms with Crippen LogP contribution in [0.2, 0.25) is 0 Å². The third-order valence-electron chi connectivity index (χ3n) is 4.75. The van der Waals surface area contributed by atoms with Crippen molar-refractivity contribution in [3.63, 3.8) is 0 Å². The van der Waals surface area contributed by atoms with Gasteiger partial charge in [-0.1, -0.05) is 12.1 Å². The molecule has 1 aromatic heterocycles. The Morgan fingerprint density at radius 2 is 2.10 bits per heavy atom. The highest BCUT2D eigenvalue weighted by molar-refractivity contribution is 5.77. The Bertz CT molecular complexity index is 893. The lowest BCUT2D eigenvalue weighted by atomic mass is 10.0. The van der Waals surface area contributed by atoms with Gasteiger partial charge in [-0.3, -0.25) is 4.90 Å². The molecule has 0 spiro atoms. The molecule has 1 aliphatic heterocycles. The lowest BCUT2D eigenvalue weighted by Crippen LogP contribution is -2.35. The number of hydrogen-bond donors (Lipinski definition) is 3. The third kappa shape index (κ3) is 5.36. The van der Waals surface area contributed by atoms with Crippen molar-refractivity contribution in [2.45, 2.75) is 26.4 Å². The zero-order valence-electron chi connectivity index (χ0n) is 16.8. The average molecular weight is 398 g/mol. The molecule has 1 saturated heterocycles. The molecule has 29 heavy (non-hydrogen) atoms. The molecule has 7 nitrogen and oxygen atoms in total. The Labute approximate surface area is 170 Å². The van der Waals surface area contributed by atoms with Gasteiger partial charge in [0, 0.05) is 54.8 Å². The number of anilines is 1. The number of halogens is 1. The van der Waals surface area contributed by atoms with E-state index in [1.54, 1.807) is 18.5 Å². The standard InChI is InChI=1S/C21H27FN6O/c1-14(2)25-12-20(27-24)18-9-17(11-26-21(18)23)15-3-4-16(19(22)10-15)13-28-5-7-29-8-6-28/h3-4,9-12,14,24-25H,5-8,13H2,1-2H3,(H2,23,26)/b20-12-,27-24?. The Hall–Kier alpha value is -2.84. The summed E-state index contributed by atoms with van der Waals surface area (Å²) in [5, 5.41) is 6.67. The smallest absolute Gasteiger partial charge is 0.132 e. The summed E-state index contributed by atoms with van der Waals surface area (Å²) in [4.78, 5) is 6.40. The number of hydrogen-bond acceptors (Lipinski definition) is 7. The zero-order valence-corrected chi connectivity index (χ0v) is 16.8. The number of pyridine rings is 1. The van der Waals surface area contributed by atoms with Gasteiger partial charge in [-0.25, -0.2) is 14.9 Å². The minimum Gasteiger partial charge on any atom is -0.387 e. The molecule has 3 rings (SSSR count). The summed E-state index contributed by atoms with van der Waals surface area (Å²) in [5.41, 5.74) is 16.4. The zero-order chi connectivity index (χ0) is 20.8. The number of nitrogen functional groups attached to an aromatic ring is 1. The van der Waals surface area contributed by atoms with Gasteiger partial charge >= 0.3 is 0 Å². The second-order valence-electron chi connectivity index (χ2n) is 7.31. The Balaban J connectivity index is 1.85. The van der Waals surface area contributed by atoms with E-state index in [2.05, 4.69) is 20.3 Å². The monoisotopic (exact) mass is 398 g/mol. The van der Waals surface area contributed by atoms with Gasteiger partial charge < -0.3 is 15.8 Å². The Kier molecular flexibility index (Phi) is 6.90. The third-order valence-corrected chi connectivity index (χ3v) is 4.75. The molecule has 0 amide bonds. The molecule has 1 aromatic carbocycles. The Morgan fingerprint density at radius 3 is 2.76 bits per heavy atom. The maximum Gasteiger partial charge on any atom is 0.132 e. The highest BCUT2D eigenvalue weighted by atomic mass is 19.1. The van der Waals surface area contributed by atoms with E-state index in [1.807, 2.05) is 26.0 Å². The number of nitrogens with zero attached hydrogens (tertiary/aromatic N) is 3. The van der Waals surface area contributed by atoms with Crippen molar-refractivity contribution in [3.05, 3.63) is 53.6 Å². The van der Waals surface area contributed by atoms with E-state index in [0.717, 1.165) is 13.1 Å². The molecule has 0 atom stereocenters. The first-order chi connectivity index (χ1) is 14.0. The minimum atomic E-state index is -0.255. The van der Waals surface area contributed by atoms with Crippen molar-refractivity contribution >= 4 is 11.5 Å². The van der Waals surface area contributed by atoms with Crippen molar-refractivity contribution < 1.29 is 9.13 Å². The van der Waals surface area contributed by atoms with E-state index >= 15 is 0 Å². The van der Waals surface area contributed by atoms with Crippen LogP contribution in [0.5, 0.6) is 0 Å². The number of ether oxygens (including phenoxy) is 1. The van der Waals surface area contributed by atoms with Crippen molar-refractivity contribution in [2.75, 3.05) is 32.0 Å². The minimum absolute atomic E-state index is 0.192. The second-order valence-corrected chi connectivity index (χ2v) is 7.31. The maximum atomic E-state index is 14.7. The predicted molar refractivity (Wildman–Crippen MR) is 112 cm³/mol. The number of benzene rings is 1. The van der Waals surface area contributed by atoms with Crippen LogP contribution in [0.15, 0.2) is 41.8 Å². The SMILES string of the molecule is CC(C)N/C=C(\N=N)c1cc(-c2ccc(CN3CCOCC3)c(F)c2)cnc1N. The first-order valence-corrected chi connectivity index (χ1v) is 9.66. The molecule has 2 heterocycles. The normalized spacial score (nSPS) is 15.5. The van der Waals surface area contributed by atoms with Gasteiger partial charge in [0.15, 0.2) is 0 Å². The van der Waals surface area contributed by atoms with Gasteiger partial charge in [0.05, 0.1) is 13.2 Å². The summed E-state index contributed by atoms with van der Waals surface area (Å²) < 4.78 is 20.1. The summed E-state index contributed by atoms with van der Waals surface area (Å²) in [5.74, 6) is 0.0146. The first-order valence-electron chi connectivity index (χ1n) is 9.66. The van der Waals surface area contributed by atoms with Crippen LogP contribution in [0.25, 0.3) is 16.8 Å². The molecule has 2 aromatic rings. The highest BCUT2D eigenvalue weighted by Crippen LogP contribution is 2.28. The fraction of sp³-hybridized carbons (Fsp3) is 0.381. The quantitative estimate of drug-likeness (QED) is 0.619. The molecule has 0 unspecified atom stereocenters. The van der Waals surface area contributed by atoms with Crippen LogP contribution < -0.4 is 11.1 Å². The van der Waals surface area contributed by atoms with Gasteiger partial charge in [0.2, 0.25) is 0 Å². The van der Waals surface area contributed by atoms with Crippen LogP contribution in [0.3, 0.4) is 0 Å². The van der Waals surface area contributed by atoms with Gasteiger partial charge in [0.1, 0.15) is 17.3 Å². The molecule has 0 saturated carbocycles. The lowest BCUT2D eigenvalue weighted by Gasteiger charge is -2.26. The molecule has 0 aliphatic carbocycles. The molecule has 0 bridgehead atoms. The number of nitrogens with two attached hydrogens (primary N) is 1. The molecule has 8 heteroatoms. The van der Waals surface area contributed by atoms with Gasteiger partial charge in [-0.15, -0.1) is 0 Å². The average Bonchev–Trinajstić information content (AvgIpc) is 2.72. The summed E-state index contributed by atoms with van der Waals surface area (Å²) in [6.45, 7) is 7.51. The molecule has 154 valence electrons. The summed E-state index contributed by atoms with van der Waals surface area (Å²) in [7, 11) is 0. The highest BCUT2D eigenvalue weighted by Gasteiger charge is 2.15. The second kappa shape index (κ2) is 9.58. The number of nitrogens with one attached hydrogen (secondary N) is 2. The maximum absolute atomic E-state index is 14.7. The van der Waals surface area contributed by atoms with Crippen molar-refractivity contribution in [1.82, 2.24) is 15.2 Å². The van der Waals surface area contributed by atoms with E-state index in [4.69, 9.17) is 16.0 Å². The van der Waals surface area contributed by atoms with E-state index in [0.29, 0.717) is 47.7 Å². The summed E-state index contributed by atoms with van der Waals surface area (Å²) in [6.07, 6.45) is 3.24. The topological polar surface area (TPSA) is 99.6 Å². The van der Waals surface area contributed by atoms with Crippen LogP contribution in [-0.4, -0.2) is 42.2 Å². The van der Waals surface area contributed by atoms with Crippen molar-refractivity contribution in [1.29, 1.82) is 5.53 Å². The first kappa shape index (κ1) is 20.9. The largest absolute Gasteiger partial charge is 0.387 e. The molecule has 1 aliphatic rings. The number of rotatable bonds is 7. The Morgan fingerprint density at radius 1 is 1.34 bits per heavy atom. The molecule has 4 N–H and O–H groups in total. The summed E-state index contributed by atoms with van der Waals surface area (Å²) >= 11 is 0. The van der Waals surface area contributed by atoms with Crippen LogP contribution in [0.4, 0.5) is 10.2 Å². The fourth-order valence-electron chi connectivity index (χ4n) is 3.11. The van der Waals surface area contributed by atoms with Gasteiger partial charge in [-0.2, -0.15) is 5.11 Å². The van der Waals surface area contributed by atoms with Crippen LogP contribution in [0, 0.1) is 11.3 Å². The van der Waals surface area contributed by atoms with Gasteiger partial charge in [-0.05, 0) is 31.5 Å². The van der Waals surface area contributed by atoms with E-state index in [9.17, 15) is 4.39 Å². The van der Waals surface area contributed by atoms with Crippen molar-refractivity contribution in [2.24, 2.45) is 5.11 Å². The van der Waals surface area contributed by atoms with E-state index < -0.39 is 0 Å².